The molecule has 25 heavy (non-hydrogen) atoms. The Hall–Kier alpha value is -1.59. The minimum absolute atomic E-state index is 0. The van der Waals surface area contributed by atoms with E-state index in [1.165, 1.54) is 0 Å². The van der Waals surface area contributed by atoms with Gasteiger partial charge in [-0.05, 0) is 30.2 Å². The highest BCUT2D eigenvalue weighted by Crippen LogP contribution is 2.37. The fourth-order valence-electron chi connectivity index (χ4n) is 4.05. The lowest BCUT2D eigenvalue weighted by atomic mass is 9.98. The van der Waals surface area contributed by atoms with Crippen LogP contribution in [0.4, 0.5) is 0 Å². The molecule has 1 aromatic carbocycles. The number of hydrogen-bond donors (Lipinski definition) is 1. The molecule has 1 aromatic rings. The molecule has 0 bridgehead atoms. The number of fused-ring (bicyclic) bond motifs is 1. The van der Waals surface area contributed by atoms with Gasteiger partial charge in [-0.2, -0.15) is 0 Å². The molecule has 2 N–H and O–H groups in total. The Labute approximate surface area is 155 Å². The molecule has 1 heterocycles. The number of carbonyl (C=O) groups is 2. The maximum Gasteiger partial charge on any atom is 0.224 e. The second-order valence-electron chi connectivity index (χ2n) is 7.14. The average Bonchev–Trinajstić information content (AvgIpc) is 3.14. The normalized spacial score (nSPS) is 24.6. The van der Waals surface area contributed by atoms with E-state index in [4.69, 9.17) is 5.73 Å². The number of benzene rings is 1. The summed E-state index contributed by atoms with van der Waals surface area (Å²) in [6.07, 6.45) is 2.62. The molecule has 6 heteroatoms. The third kappa shape index (κ3) is 4.73. The van der Waals surface area contributed by atoms with Gasteiger partial charge in [-0.25, -0.2) is 0 Å². The van der Waals surface area contributed by atoms with E-state index in [1.807, 2.05) is 35.2 Å². The quantitative estimate of drug-likeness (QED) is 0.868. The van der Waals surface area contributed by atoms with Crippen molar-refractivity contribution in [1.82, 2.24) is 9.80 Å². The minimum Gasteiger partial charge on any atom is -0.342 e. The molecule has 2 amide bonds. The maximum absolute atomic E-state index is 12.5. The fraction of sp³-hybridized carbons (Fsp3) is 0.579. The van der Waals surface area contributed by atoms with Gasteiger partial charge in [-0.1, -0.05) is 30.3 Å². The third-order valence-corrected chi connectivity index (χ3v) is 5.52. The predicted molar refractivity (Wildman–Crippen MR) is 100 cm³/mol. The zero-order valence-corrected chi connectivity index (χ0v) is 15.6. The number of nitrogens with zero attached hydrogens (tertiary/aromatic N) is 2. The van der Waals surface area contributed by atoms with Gasteiger partial charge in [0.05, 0.1) is 0 Å². The van der Waals surface area contributed by atoms with E-state index in [2.05, 4.69) is 0 Å². The summed E-state index contributed by atoms with van der Waals surface area (Å²) >= 11 is 0. The van der Waals surface area contributed by atoms with Crippen LogP contribution in [0.15, 0.2) is 30.3 Å². The first-order valence-electron chi connectivity index (χ1n) is 8.87. The standard InChI is InChI=1S/C19H27N3O2.ClH/c1-14(23)21(11-15-5-3-2-4-6-15)10-9-19(24)22-12-16-7-8-18(20)17(16)13-22;/h2-6,16-18H,7-13,20H2,1H3;1H. The Morgan fingerprint density at radius 3 is 2.56 bits per heavy atom. The molecule has 3 atom stereocenters. The summed E-state index contributed by atoms with van der Waals surface area (Å²) in [7, 11) is 0. The average molecular weight is 366 g/mol. The van der Waals surface area contributed by atoms with Gasteiger partial charge in [0.1, 0.15) is 0 Å². The molecule has 0 spiro atoms. The molecule has 1 saturated carbocycles. The van der Waals surface area contributed by atoms with Crippen molar-refractivity contribution in [2.75, 3.05) is 19.6 Å². The van der Waals surface area contributed by atoms with Gasteiger partial charge in [0.25, 0.3) is 0 Å². The summed E-state index contributed by atoms with van der Waals surface area (Å²) in [4.78, 5) is 28.1. The monoisotopic (exact) mass is 365 g/mol. The predicted octanol–water partition coefficient (Wildman–Crippen LogP) is 2.04. The van der Waals surface area contributed by atoms with Crippen LogP contribution in [0.25, 0.3) is 0 Å². The second kappa shape index (κ2) is 8.68. The zero-order valence-electron chi connectivity index (χ0n) is 14.8. The van der Waals surface area contributed by atoms with Crippen LogP contribution < -0.4 is 5.73 Å². The molecule has 0 aromatic heterocycles. The Balaban J connectivity index is 0.00000225. The number of carbonyl (C=O) groups excluding carboxylic acids is 2. The van der Waals surface area contributed by atoms with E-state index >= 15 is 0 Å². The number of nitrogens with two attached hydrogens (primary N) is 1. The highest BCUT2D eigenvalue weighted by Gasteiger charge is 2.42. The molecule has 138 valence electrons. The minimum atomic E-state index is 0. The van der Waals surface area contributed by atoms with Crippen LogP contribution in [-0.2, 0) is 16.1 Å². The zero-order chi connectivity index (χ0) is 17.1. The Bertz CT molecular complexity index is 596. The molecular formula is C19H28ClN3O2. The van der Waals surface area contributed by atoms with E-state index in [-0.39, 0.29) is 30.3 Å². The van der Waals surface area contributed by atoms with E-state index in [0.717, 1.165) is 31.5 Å². The van der Waals surface area contributed by atoms with Crippen LogP contribution in [0, 0.1) is 11.8 Å². The first kappa shape index (κ1) is 19.7. The van der Waals surface area contributed by atoms with E-state index in [0.29, 0.717) is 31.3 Å². The number of rotatable bonds is 5. The molecule has 1 aliphatic carbocycles. The van der Waals surface area contributed by atoms with E-state index < -0.39 is 0 Å². The summed E-state index contributed by atoms with van der Waals surface area (Å²) in [5.74, 6) is 1.21. The number of amides is 2. The van der Waals surface area contributed by atoms with Crippen molar-refractivity contribution in [3.8, 4) is 0 Å². The van der Waals surface area contributed by atoms with Crippen molar-refractivity contribution in [2.24, 2.45) is 17.6 Å². The lowest BCUT2D eigenvalue weighted by Gasteiger charge is -2.23. The van der Waals surface area contributed by atoms with Crippen molar-refractivity contribution in [1.29, 1.82) is 0 Å². The van der Waals surface area contributed by atoms with E-state index in [1.54, 1.807) is 11.8 Å². The Kier molecular flexibility index (Phi) is 6.85. The van der Waals surface area contributed by atoms with E-state index in [9.17, 15) is 9.59 Å². The molecule has 2 aliphatic rings. The molecule has 1 aliphatic heterocycles. The highest BCUT2D eigenvalue weighted by atomic mass is 35.5. The van der Waals surface area contributed by atoms with Gasteiger partial charge in [0.15, 0.2) is 0 Å². The Morgan fingerprint density at radius 2 is 1.92 bits per heavy atom. The summed E-state index contributed by atoms with van der Waals surface area (Å²) in [5, 5.41) is 0. The van der Waals surface area contributed by atoms with Crippen LogP contribution in [0.3, 0.4) is 0 Å². The summed E-state index contributed by atoms with van der Waals surface area (Å²) in [6.45, 7) is 4.23. The lowest BCUT2D eigenvalue weighted by Crippen LogP contribution is -2.36. The summed E-state index contributed by atoms with van der Waals surface area (Å²) < 4.78 is 0. The smallest absolute Gasteiger partial charge is 0.224 e. The second-order valence-corrected chi connectivity index (χ2v) is 7.14. The molecule has 1 saturated heterocycles. The van der Waals surface area contributed by atoms with Gasteiger partial charge >= 0.3 is 0 Å². The number of likely N-dealkylation sites (tertiary alicyclic amines) is 1. The molecule has 2 fully saturated rings. The molecular weight excluding hydrogens is 338 g/mol. The van der Waals surface area contributed by atoms with Crippen molar-refractivity contribution in [2.45, 2.75) is 38.8 Å². The van der Waals surface area contributed by atoms with Gasteiger partial charge in [-0.3, -0.25) is 9.59 Å². The summed E-state index contributed by atoms with van der Waals surface area (Å²) in [6, 6.07) is 10.1. The van der Waals surface area contributed by atoms with Gasteiger partial charge < -0.3 is 15.5 Å². The molecule has 0 radical (unpaired) electrons. The summed E-state index contributed by atoms with van der Waals surface area (Å²) in [5.41, 5.74) is 7.22. The van der Waals surface area contributed by atoms with Crippen LogP contribution >= 0.6 is 12.4 Å². The first-order chi connectivity index (χ1) is 11.5. The van der Waals surface area contributed by atoms with Crippen LogP contribution in [-0.4, -0.2) is 47.3 Å². The maximum atomic E-state index is 12.5. The van der Waals surface area contributed by atoms with Crippen molar-refractivity contribution in [3.05, 3.63) is 35.9 Å². The molecule has 3 unspecified atom stereocenters. The van der Waals surface area contributed by atoms with Crippen molar-refractivity contribution >= 4 is 24.2 Å². The number of hydrogen-bond acceptors (Lipinski definition) is 3. The first-order valence-corrected chi connectivity index (χ1v) is 8.87. The molecule has 3 rings (SSSR count). The van der Waals surface area contributed by atoms with Crippen LogP contribution in [0.2, 0.25) is 0 Å². The third-order valence-electron chi connectivity index (χ3n) is 5.52. The molecule has 5 nitrogen and oxygen atoms in total. The number of halogens is 1. The fourth-order valence-corrected chi connectivity index (χ4v) is 4.05. The Morgan fingerprint density at radius 1 is 1.20 bits per heavy atom. The van der Waals surface area contributed by atoms with Crippen LogP contribution in [0.1, 0.15) is 31.7 Å². The van der Waals surface area contributed by atoms with Gasteiger partial charge in [0.2, 0.25) is 11.8 Å². The van der Waals surface area contributed by atoms with Crippen LogP contribution in [0.5, 0.6) is 0 Å². The van der Waals surface area contributed by atoms with Crippen molar-refractivity contribution < 1.29 is 9.59 Å². The van der Waals surface area contributed by atoms with Gasteiger partial charge in [0, 0.05) is 45.6 Å². The highest BCUT2D eigenvalue weighted by molar-refractivity contribution is 5.85. The lowest BCUT2D eigenvalue weighted by molar-refractivity contribution is -0.133. The topological polar surface area (TPSA) is 66.6 Å². The largest absolute Gasteiger partial charge is 0.342 e. The van der Waals surface area contributed by atoms with Crippen molar-refractivity contribution in [3.63, 3.8) is 0 Å². The SMILES string of the molecule is CC(=O)N(CCC(=O)N1CC2CCC(N)C2C1)Cc1ccccc1.Cl. The van der Waals surface area contributed by atoms with Gasteiger partial charge in [-0.15, -0.1) is 12.4 Å².